The summed E-state index contributed by atoms with van der Waals surface area (Å²) in [5.74, 6) is -1.60. The summed E-state index contributed by atoms with van der Waals surface area (Å²) in [5, 5.41) is 8.21. The van der Waals surface area contributed by atoms with Gasteiger partial charge in [-0.25, -0.2) is 9.89 Å². The molecule has 182 valence electrons. The van der Waals surface area contributed by atoms with E-state index in [-0.39, 0.29) is 15.7 Å². The zero-order valence-electron chi connectivity index (χ0n) is 18.2. The Balaban J connectivity index is 1.58. The van der Waals surface area contributed by atoms with Crippen molar-refractivity contribution < 1.29 is 9.59 Å². The minimum atomic E-state index is -1.60. The van der Waals surface area contributed by atoms with Gasteiger partial charge in [0, 0.05) is 31.7 Å². The Labute approximate surface area is 231 Å². The number of carbonyl (C=O) groups excluding carboxylic acids is 2. The highest BCUT2D eigenvalue weighted by atomic mass is 35.5. The molecule has 3 aromatic rings. The van der Waals surface area contributed by atoms with Crippen molar-refractivity contribution in [2.24, 2.45) is 10.9 Å². The van der Waals surface area contributed by atoms with Crippen LogP contribution in [0.5, 0.6) is 0 Å². The van der Waals surface area contributed by atoms with E-state index in [2.05, 4.69) is 10.6 Å². The maximum Gasteiger partial charge on any atom is 0.267 e. The summed E-state index contributed by atoms with van der Waals surface area (Å²) in [7, 11) is 0. The van der Waals surface area contributed by atoms with E-state index in [9.17, 15) is 9.59 Å². The second kappa shape index (κ2) is 8.54. The predicted molar refractivity (Wildman–Crippen MR) is 144 cm³/mol. The molecule has 2 amide bonds. The quantitative estimate of drug-likeness (QED) is 0.355. The molecule has 1 fully saturated rings. The van der Waals surface area contributed by atoms with Gasteiger partial charge in [-0.05, 0) is 48.4 Å². The van der Waals surface area contributed by atoms with Gasteiger partial charge in [0.25, 0.3) is 5.91 Å². The molecule has 6 rings (SSSR count). The van der Waals surface area contributed by atoms with Gasteiger partial charge in [-0.1, -0.05) is 76.2 Å². The van der Waals surface area contributed by atoms with Crippen LogP contribution < -0.4 is 15.5 Å². The lowest BCUT2D eigenvalue weighted by atomic mass is 9.72. The molecule has 3 atom stereocenters. The number of hydrogen-bond acceptors (Lipinski definition) is 5. The molecule has 1 spiro atoms. The normalized spacial score (nSPS) is 24.0. The van der Waals surface area contributed by atoms with Crippen LogP contribution in [0, 0.1) is 5.92 Å². The summed E-state index contributed by atoms with van der Waals surface area (Å²) in [5.41, 5.74) is 0.363. The van der Waals surface area contributed by atoms with E-state index in [0.717, 1.165) is 10.5 Å². The van der Waals surface area contributed by atoms with Crippen LogP contribution in [0.1, 0.15) is 11.1 Å². The highest BCUT2D eigenvalue weighted by molar-refractivity contribution is 6.39. The Morgan fingerprint density at radius 1 is 0.889 bits per heavy atom. The van der Waals surface area contributed by atoms with Gasteiger partial charge in [0.05, 0.1) is 22.3 Å². The first kappa shape index (κ1) is 23.9. The monoisotopic (exact) mass is 578 g/mol. The minimum Gasteiger partial charge on any atom is -0.352 e. The van der Waals surface area contributed by atoms with Gasteiger partial charge in [0.15, 0.2) is 11.5 Å². The van der Waals surface area contributed by atoms with Crippen LogP contribution in [0.4, 0.5) is 11.4 Å². The molecule has 3 aromatic carbocycles. The minimum absolute atomic E-state index is 0.257. The molecule has 0 aliphatic carbocycles. The second-order valence-electron chi connectivity index (χ2n) is 8.79. The van der Waals surface area contributed by atoms with Crippen molar-refractivity contribution in [3.05, 3.63) is 90.8 Å². The van der Waals surface area contributed by atoms with Gasteiger partial charge in [-0.15, -0.1) is 0 Å². The third-order valence-electron chi connectivity index (χ3n) is 6.69. The van der Waals surface area contributed by atoms with E-state index in [1.807, 2.05) is 18.2 Å². The molecule has 3 aliphatic heterocycles. The highest BCUT2D eigenvalue weighted by Gasteiger charge is 2.67. The van der Waals surface area contributed by atoms with Gasteiger partial charge in [0.2, 0.25) is 5.91 Å². The average Bonchev–Trinajstić information content (AvgIpc) is 3.02. The molecule has 1 saturated heterocycles. The number of guanidine groups is 1. The lowest BCUT2D eigenvalue weighted by molar-refractivity contribution is -0.123. The Morgan fingerprint density at radius 3 is 2.31 bits per heavy atom. The molecule has 3 aliphatic rings. The lowest BCUT2D eigenvalue weighted by Crippen LogP contribution is -2.60. The van der Waals surface area contributed by atoms with Crippen molar-refractivity contribution in [1.29, 1.82) is 0 Å². The number of amides is 2. The summed E-state index contributed by atoms with van der Waals surface area (Å²) in [4.78, 5) is 34.3. The molecule has 3 heterocycles. The van der Waals surface area contributed by atoms with Crippen molar-refractivity contribution in [3.8, 4) is 0 Å². The topological polar surface area (TPSA) is 73.8 Å². The van der Waals surface area contributed by atoms with Gasteiger partial charge in [-0.2, -0.15) is 0 Å². The molecule has 2 N–H and O–H groups in total. The molecule has 0 aromatic heterocycles. The van der Waals surface area contributed by atoms with Crippen molar-refractivity contribution in [1.82, 2.24) is 5.32 Å². The molecular formula is C25H15Cl5N4O2. The van der Waals surface area contributed by atoms with Crippen molar-refractivity contribution in [2.75, 3.05) is 10.2 Å². The zero-order valence-corrected chi connectivity index (χ0v) is 21.9. The predicted octanol–water partition coefficient (Wildman–Crippen LogP) is 6.33. The van der Waals surface area contributed by atoms with Crippen LogP contribution in [0.3, 0.4) is 0 Å². The zero-order chi connectivity index (χ0) is 25.4. The summed E-state index contributed by atoms with van der Waals surface area (Å²) in [6.45, 7) is 0. The number of aliphatic imine (C=N–C) groups is 1. The number of anilines is 2. The summed E-state index contributed by atoms with van der Waals surface area (Å²) in [6.07, 6.45) is 0.361. The van der Waals surface area contributed by atoms with E-state index >= 15 is 0 Å². The molecular weight excluding hydrogens is 566 g/mol. The van der Waals surface area contributed by atoms with Crippen LogP contribution in [-0.2, 0) is 21.5 Å². The van der Waals surface area contributed by atoms with Crippen LogP contribution in [0.2, 0.25) is 25.1 Å². The van der Waals surface area contributed by atoms with Gasteiger partial charge in [-0.3, -0.25) is 9.59 Å². The highest BCUT2D eigenvalue weighted by Crippen LogP contribution is 2.54. The fourth-order valence-electron chi connectivity index (χ4n) is 5.28. The van der Waals surface area contributed by atoms with E-state index in [1.165, 1.54) is 18.2 Å². The second-order valence-corrected chi connectivity index (χ2v) is 10.9. The first-order valence-electron chi connectivity index (χ1n) is 10.9. The summed E-state index contributed by atoms with van der Waals surface area (Å²) in [6, 6.07) is 14.6. The van der Waals surface area contributed by atoms with Crippen LogP contribution in [0.15, 0.2) is 59.6 Å². The van der Waals surface area contributed by atoms with Crippen molar-refractivity contribution in [3.63, 3.8) is 0 Å². The number of halogens is 5. The van der Waals surface area contributed by atoms with Crippen LogP contribution >= 0.6 is 58.0 Å². The van der Waals surface area contributed by atoms with E-state index in [1.54, 1.807) is 18.2 Å². The summed E-state index contributed by atoms with van der Waals surface area (Å²) >= 11 is 31.8. The first-order valence-corrected chi connectivity index (χ1v) is 12.8. The van der Waals surface area contributed by atoms with Crippen LogP contribution in [-0.4, -0.2) is 23.8 Å². The summed E-state index contributed by atoms with van der Waals surface area (Å²) < 4.78 is 0. The first-order chi connectivity index (χ1) is 17.2. The number of fused-ring (bicyclic) bond motifs is 1. The molecule has 3 unspecified atom stereocenters. The number of nitrogens with zero attached hydrogens (tertiary/aromatic N) is 2. The smallest absolute Gasteiger partial charge is 0.267 e. The van der Waals surface area contributed by atoms with Gasteiger partial charge in [0.1, 0.15) is 0 Å². The maximum atomic E-state index is 14.3. The average molecular weight is 581 g/mol. The third kappa shape index (κ3) is 3.51. The molecule has 0 saturated carbocycles. The number of carbonyl (C=O) groups is 2. The maximum absolute atomic E-state index is 14.3. The van der Waals surface area contributed by atoms with Crippen molar-refractivity contribution in [2.45, 2.75) is 18.0 Å². The van der Waals surface area contributed by atoms with E-state index < -0.39 is 29.3 Å². The number of rotatable bonds is 3. The fraction of sp³-hybridized carbons (Fsp3) is 0.160. The standard InChI is InChI=1S/C25H15Cl5N4O2/c26-12-6-13(27)8-15(7-12)34-22(35)20-19(5-11-3-1-2-4-17(11)29)31-24-32-21-16(9-14(28)10-18(21)30)25(20,33-24)23(34)36/h1-4,6-10,19-20H,5H2,(H2,31,32,33). The number of benzene rings is 3. The Kier molecular flexibility index (Phi) is 5.67. The molecule has 6 nitrogen and oxygen atoms in total. The molecule has 2 bridgehead atoms. The van der Waals surface area contributed by atoms with Gasteiger partial charge >= 0.3 is 0 Å². The SMILES string of the molecule is O=C1C2C(Cc3ccccc3Cl)NC3=NC2(C(=O)N1c1cc(Cl)cc(Cl)c1)c1cc(Cl)cc(Cl)c1N3. The Morgan fingerprint density at radius 2 is 1.58 bits per heavy atom. The molecule has 0 radical (unpaired) electrons. The fourth-order valence-corrected chi connectivity index (χ4v) is 6.55. The Bertz CT molecular complexity index is 1490. The van der Waals surface area contributed by atoms with Gasteiger partial charge < -0.3 is 10.6 Å². The Hall–Kier alpha value is -2.48. The number of imide groups is 1. The van der Waals surface area contributed by atoms with E-state index in [4.69, 9.17) is 63.0 Å². The van der Waals surface area contributed by atoms with Crippen LogP contribution in [0.25, 0.3) is 0 Å². The number of hydrogen-bond donors (Lipinski definition) is 2. The molecule has 36 heavy (non-hydrogen) atoms. The number of nitrogens with one attached hydrogen (secondary N) is 2. The third-order valence-corrected chi connectivity index (χ3v) is 8.01. The lowest BCUT2D eigenvalue weighted by Gasteiger charge is -2.43. The van der Waals surface area contributed by atoms with E-state index in [0.29, 0.717) is 38.7 Å². The molecule has 11 heteroatoms. The largest absolute Gasteiger partial charge is 0.352 e. The van der Waals surface area contributed by atoms with Crippen molar-refractivity contribution >= 4 is 87.2 Å².